The Kier molecular flexibility index (Phi) is 4.46. The van der Waals surface area contributed by atoms with Gasteiger partial charge in [-0.3, -0.25) is 9.48 Å². The molecule has 0 radical (unpaired) electrons. The zero-order valence-electron chi connectivity index (χ0n) is 14.7. The fourth-order valence-corrected chi connectivity index (χ4v) is 3.57. The van der Waals surface area contributed by atoms with Gasteiger partial charge in [-0.15, -0.1) is 0 Å². The van der Waals surface area contributed by atoms with Crippen LogP contribution in [-0.4, -0.2) is 36.3 Å². The molecule has 3 aromatic heterocycles. The van der Waals surface area contributed by atoms with Crippen LogP contribution in [0.15, 0.2) is 43.0 Å². The maximum Gasteiger partial charge on any atom is 0.220 e. The van der Waals surface area contributed by atoms with Gasteiger partial charge in [0.05, 0.1) is 24.0 Å². The topological polar surface area (TPSA) is 84.5 Å². The summed E-state index contributed by atoms with van der Waals surface area (Å²) in [7, 11) is 1.86. The molecule has 3 aromatic rings. The molecule has 136 valence electrons. The highest BCUT2D eigenvalue weighted by atomic mass is 16.3. The van der Waals surface area contributed by atoms with Crippen molar-refractivity contribution in [1.29, 1.82) is 0 Å². The summed E-state index contributed by atoms with van der Waals surface area (Å²) in [6, 6.07) is 5.76. The summed E-state index contributed by atoms with van der Waals surface area (Å²) < 4.78 is 3.70. The van der Waals surface area contributed by atoms with E-state index in [0.717, 1.165) is 16.9 Å². The quantitative estimate of drug-likeness (QED) is 0.705. The van der Waals surface area contributed by atoms with Gasteiger partial charge in [0, 0.05) is 37.6 Å². The average Bonchev–Trinajstić information content (AvgIpc) is 3.21. The van der Waals surface area contributed by atoms with E-state index in [4.69, 9.17) is 0 Å². The third kappa shape index (κ3) is 3.48. The lowest BCUT2D eigenvalue weighted by atomic mass is 9.75. The molecule has 2 N–H and O–H groups in total. The van der Waals surface area contributed by atoms with Gasteiger partial charge in [-0.2, -0.15) is 5.10 Å². The number of nitrogens with zero attached hydrogens (tertiary/aromatic N) is 4. The number of fused-ring (bicyclic) bond motifs is 1. The summed E-state index contributed by atoms with van der Waals surface area (Å²) in [6.07, 6.45) is 9.79. The number of aryl methyl sites for hydroxylation is 2. The SMILES string of the molecule is Cn1cc([C@@H](NC(=O)CCc2cn3ccccc3n2)C2CC(O)C2)cn1. The van der Waals surface area contributed by atoms with E-state index in [2.05, 4.69) is 15.4 Å². The first kappa shape index (κ1) is 16.8. The van der Waals surface area contributed by atoms with Crippen LogP contribution in [0, 0.1) is 5.92 Å². The van der Waals surface area contributed by atoms with Crippen LogP contribution in [0.4, 0.5) is 0 Å². The third-order valence-electron chi connectivity index (χ3n) is 5.04. The van der Waals surface area contributed by atoms with Crippen molar-refractivity contribution in [3.8, 4) is 0 Å². The van der Waals surface area contributed by atoms with Crippen molar-refractivity contribution in [3.05, 3.63) is 54.2 Å². The van der Waals surface area contributed by atoms with Gasteiger partial charge in [-0.05, 0) is 37.3 Å². The van der Waals surface area contributed by atoms with E-state index in [-0.39, 0.29) is 24.0 Å². The lowest BCUT2D eigenvalue weighted by molar-refractivity contribution is -0.123. The smallest absolute Gasteiger partial charge is 0.220 e. The normalized spacial score (nSPS) is 20.7. The van der Waals surface area contributed by atoms with Gasteiger partial charge in [0.15, 0.2) is 0 Å². The number of aliphatic hydroxyl groups excluding tert-OH is 1. The molecule has 1 saturated carbocycles. The first-order chi connectivity index (χ1) is 12.6. The van der Waals surface area contributed by atoms with Crippen molar-refractivity contribution < 1.29 is 9.90 Å². The predicted molar refractivity (Wildman–Crippen MR) is 96.3 cm³/mol. The largest absolute Gasteiger partial charge is 0.393 e. The summed E-state index contributed by atoms with van der Waals surface area (Å²) in [5, 5.41) is 17.0. The van der Waals surface area contributed by atoms with E-state index in [9.17, 15) is 9.90 Å². The standard InChI is InChI=1S/C19H23N5O2/c1-23-11-14(10-20-23)19(13-8-16(25)9-13)22-18(26)6-5-15-12-24-7-3-2-4-17(24)21-15/h2-4,7,10-13,16,19,25H,5-6,8-9H2,1H3,(H,22,26)/t13?,16?,19-/m0/s1. The van der Waals surface area contributed by atoms with Gasteiger partial charge < -0.3 is 14.8 Å². The second-order valence-electron chi connectivity index (χ2n) is 7.08. The van der Waals surface area contributed by atoms with Crippen molar-refractivity contribution in [2.45, 2.75) is 37.8 Å². The number of pyridine rings is 1. The molecule has 0 saturated heterocycles. The molecule has 1 fully saturated rings. The van der Waals surface area contributed by atoms with Crippen LogP contribution in [0.3, 0.4) is 0 Å². The van der Waals surface area contributed by atoms with Gasteiger partial charge in [0.2, 0.25) is 5.91 Å². The van der Waals surface area contributed by atoms with Gasteiger partial charge in [0.1, 0.15) is 5.65 Å². The summed E-state index contributed by atoms with van der Waals surface area (Å²) in [4.78, 5) is 17.0. The fraction of sp³-hybridized carbons (Fsp3) is 0.421. The highest BCUT2D eigenvalue weighted by Gasteiger charge is 2.36. The Bertz CT molecular complexity index is 876. The minimum absolute atomic E-state index is 0.00250. The zero-order valence-corrected chi connectivity index (χ0v) is 14.7. The molecule has 0 spiro atoms. The van der Waals surface area contributed by atoms with E-state index in [1.165, 1.54) is 0 Å². The van der Waals surface area contributed by atoms with E-state index >= 15 is 0 Å². The average molecular weight is 353 g/mol. The number of aliphatic hydroxyl groups is 1. The zero-order chi connectivity index (χ0) is 18.1. The predicted octanol–water partition coefficient (Wildman–Crippen LogP) is 1.63. The molecule has 3 heterocycles. The number of carbonyl (C=O) groups excluding carboxylic acids is 1. The minimum Gasteiger partial charge on any atom is -0.393 e. The van der Waals surface area contributed by atoms with Crippen LogP contribution in [0.25, 0.3) is 5.65 Å². The minimum atomic E-state index is -0.256. The molecule has 0 unspecified atom stereocenters. The van der Waals surface area contributed by atoms with Gasteiger partial charge in [-0.25, -0.2) is 4.98 Å². The monoisotopic (exact) mass is 353 g/mol. The molecule has 0 aliphatic heterocycles. The first-order valence-corrected chi connectivity index (χ1v) is 8.97. The number of aromatic nitrogens is 4. The van der Waals surface area contributed by atoms with Gasteiger partial charge >= 0.3 is 0 Å². The number of nitrogens with one attached hydrogen (secondary N) is 1. The van der Waals surface area contributed by atoms with Crippen molar-refractivity contribution in [2.24, 2.45) is 13.0 Å². The Morgan fingerprint density at radius 2 is 2.23 bits per heavy atom. The van der Waals surface area contributed by atoms with Crippen LogP contribution in [-0.2, 0) is 18.3 Å². The summed E-state index contributed by atoms with van der Waals surface area (Å²) in [5.74, 6) is 0.255. The van der Waals surface area contributed by atoms with Crippen LogP contribution >= 0.6 is 0 Å². The molecule has 4 rings (SSSR count). The van der Waals surface area contributed by atoms with Crippen molar-refractivity contribution >= 4 is 11.6 Å². The number of hydrogen-bond acceptors (Lipinski definition) is 4. The lowest BCUT2D eigenvalue weighted by Crippen LogP contribution is -2.41. The molecule has 0 bridgehead atoms. The highest BCUT2D eigenvalue weighted by Crippen LogP contribution is 2.38. The maximum atomic E-state index is 12.5. The molecule has 7 heteroatoms. The van der Waals surface area contributed by atoms with E-state index in [1.807, 2.05) is 48.2 Å². The van der Waals surface area contributed by atoms with Crippen LogP contribution < -0.4 is 5.32 Å². The molecule has 1 amide bonds. The Labute approximate surface area is 151 Å². The van der Waals surface area contributed by atoms with Crippen molar-refractivity contribution in [1.82, 2.24) is 24.5 Å². The fourth-order valence-electron chi connectivity index (χ4n) is 3.57. The molecule has 0 aromatic carbocycles. The Hall–Kier alpha value is -2.67. The third-order valence-corrected chi connectivity index (χ3v) is 5.04. The molecule has 26 heavy (non-hydrogen) atoms. The number of carbonyl (C=O) groups is 1. The molecule has 1 aliphatic rings. The summed E-state index contributed by atoms with van der Waals surface area (Å²) in [6.45, 7) is 0. The Balaban J connectivity index is 1.39. The van der Waals surface area contributed by atoms with Gasteiger partial charge in [0.25, 0.3) is 0 Å². The van der Waals surface area contributed by atoms with Crippen molar-refractivity contribution in [2.75, 3.05) is 0 Å². The number of amides is 1. The second-order valence-corrected chi connectivity index (χ2v) is 7.08. The van der Waals surface area contributed by atoms with Crippen molar-refractivity contribution in [3.63, 3.8) is 0 Å². The Morgan fingerprint density at radius 1 is 1.38 bits per heavy atom. The highest BCUT2D eigenvalue weighted by molar-refractivity contribution is 5.76. The summed E-state index contributed by atoms with van der Waals surface area (Å²) >= 11 is 0. The van der Waals surface area contributed by atoms with Crippen LogP contribution in [0.1, 0.15) is 36.6 Å². The van der Waals surface area contributed by atoms with E-state index in [0.29, 0.717) is 25.7 Å². The molecule has 1 atom stereocenters. The molecule has 1 aliphatic carbocycles. The number of imidazole rings is 1. The lowest BCUT2D eigenvalue weighted by Gasteiger charge is -2.37. The maximum absolute atomic E-state index is 12.5. The van der Waals surface area contributed by atoms with Crippen LogP contribution in [0.5, 0.6) is 0 Å². The molecule has 7 nitrogen and oxygen atoms in total. The Morgan fingerprint density at radius 3 is 2.92 bits per heavy atom. The van der Waals surface area contributed by atoms with Gasteiger partial charge in [-0.1, -0.05) is 6.07 Å². The summed E-state index contributed by atoms with van der Waals surface area (Å²) in [5.41, 5.74) is 2.79. The molecular formula is C19H23N5O2. The molecular weight excluding hydrogens is 330 g/mol. The number of rotatable bonds is 6. The second kappa shape index (κ2) is 6.92. The first-order valence-electron chi connectivity index (χ1n) is 8.97. The van der Waals surface area contributed by atoms with E-state index in [1.54, 1.807) is 10.9 Å². The van der Waals surface area contributed by atoms with E-state index < -0.39 is 0 Å². The van der Waals surface area contributed by atoms with Crippen LogP contribution in [0.2, 0.25) is 0 Å². The number of hydrogen-bond donors (Lipinski definition) is 2.